The first-order valence-corrected chi connectivity index (χ1v) is 6.61. The van der Waals surface area contributed by atoms with Crippen molar-refractivity contribution >= 4 is 15.8 Å². The highest BCUT2D eigenvalue weighted by Crippen LogP contribution is 2.37. The van der Waals surface area contributed by atoms with Crippen LogP contribution in [0, 0.1) is 17.8 Å². The standard InChI is InChI=1S/C10H14O4S/c1-2-3-4-5-10(9(11)12)6-7-15(13,14)8-10/h1H,3-8H2,(H,11,12). The summed E-state index contributed by atoms with van der Waals surface area (Å²) in [4.78, 5) is 11.1. The molecule has 0 aromatic heterocycles. The highest BCUT2D eigenvalue weighted by Gasteiger charge is 2.47. The second-order valence-corrected chi connectivity index (χ2v) is 6.17. The zero-order chi connectivity index (χ0) is 11.5. The maximum absolute atomic E-state index is 11.3. The Kier molecular flexibility index (Phi) is 3.40. The van der Waals surface area contributed by atoms with Crippen LogP contribution in [-0.4, -0.2) is 31.0 Å². The lowest BCUT2D eigenvalue weighted by Gasteiger charge is -2.21. The van der Waals surface area contributed by atoms with Gasteiger partial charge in [-0.3, -0.25) is 4.79 Å². The second-order valence-electron chi connectivity index (χ2n) is 3.99. The first kappa shape index (κ1) is 12.1. The summed E-state index contributed by atoms with van der Waals surface area (Å²) in [6, 6.07) is 0. The van der Waals surface area contributed by atoms with Crippen LogP contribution in [0.2, 0.25) is 0 Å². The number of sulfone groups is 1. The highest BCUT2D eigenvalue weighted by molar-refractivity contribution is 7.91. The Morgan fingerprint density at radius 3 is 2.60 bits per heavy atom. The number of carboxylic acids is 1. The van der Waals surface area contributed by atoms with Crippen LogP contribution in [-0.2, 0) is 14.6 Å². The summed E-state index contributed by atoms with van der Waals surface area (Å²) in [7, 11) is -3.17. The van der Waals surface area contributed by atoms with E-state index in [9.17, 15) is 13.2 Å². The Hall–Kier alpha value is -1.02. The quantitative estimate of drug-likeness (QED) is 0.569. The molecule has 1 unspecified atom stereocenters. The Morgan fingerprint density at radius 1 is 1.53 bits per heavy atom. The molecule has 0 amide bonds. The minimum atomic E-state index is -3.17. The van der Waals surface area contributed by atoms with Gasteiger partial charge < -0.3 is 5.11 Å². The maximum Gasteiger partial charge on any atom is 0.310 e. The minimum Gasteiger partial charge on any atom is -0.481 e. The molecule has 1 saturated heterocycles. The third-order valence-electron chi connectivity index (χ3n) is 2.82. The summed E-state index contributed by atoms with van der Waals surface area (Å²) in [5, 5.41) is 9.08. The van der Waals surface area contributed by atoms with Gasteiger partial charge in [-0.1, -0.05) is 0 Å². The molecule has 1 atom stereocenters. The number of unbranched alkanes of at least 4 members (excludes halogenated alkanes) is 1. The van der Waals surface area contributed by atoms with E-state index >= 15 is 0 Å². The van der Waals surface area contributed by atoms with Crippen molar-refractivity contribution in [1.82, 2.24) is 0 Å². The van der Waals surface area contributed by atoms with Crippen molar-refractivity contribution in [2.45, 2.75) is 25.7 Å². The van der Waals surface area contributed by atoms with Gasteiger partial charge in [0.25, 0.3) is 0 Å². The van der Waals surface area contributed by atoms with Gasteiger partial charge >= 0.3 is 5.97 Å². The molecule has 1 aliphatic rings. The summed E-state index contributed by atoms with van der Waals surface area (Å²) in [6.07, 6.45) is 6.70. The van der Waals surface area contributed by atoms with Crippen molar-refractivity contribution in [3.8, 4) is 12.3 Å². The van der Waals surface area contributed by atoms with Crippen molar-refractivity contribution in [1.29, 1.82) is 0 Å². The fourth-order valence-electron chi connectivity index (χ4n) is 1.92. The fourth-order valence-corrected chi connectivity index (χ4v) is 4.02. The molecule has 1 aliphatic heterocycles. The number of hydrogen-bond acceptors (Lipinski definition) is 3. The van der Waals surface area contributed by atoms with Crippen LogP contribution in [0.25, 0.3) is 0 Å². The van der Waals surface area contributed by atoms with E-state index in [1.54, 1.807) is 0 Å². The molecular weight excluding hydrogens is 216 g/mol. The molecule has 0 radical (unpaired) electrons. The number of carboxylic acid groups (broad SMARTS) is 1. The molecule has 0 aliphatic carbocycles. The molecule has 0 aromatic rings. The third kappa shape index (κ3) is 2.72. The smallest absolute Gasteiger partial charge is 0.310 e. The summed E-state index contributed by atoms with van der Waals surface area (Å²) < 4.78 is 22.6. The fraction of sp³-hybridized carbons (Fsp3) is 0.700. The van der Waals surface area contributed by atoms with Crippen LogP contribution in [0.5, 0.6) is 0 Å². The Morgan fingerprint density at radius 2 is 2.20 bits per heavy atom. The number of hydrogen-bond donors (Lipinski definition) is 1. The summed E-state index contributed by atoms with van der Waals surface area (Å²) >= 11 is 0. The first-order valence-electron chi connectivity index (χ1n) is 4.79. The van der Waals surface area contributed by atoms with Gasteiger partial charge in [0.2, 0.25) is 0 Å². The average Bonchev–Trinajstić information content (AvgIpc) is 2.44. The van der Waals surface area contributed by atoms with E-state index in [2.05, 4.69) is 5.92 Å². The minimum absolute atomic E-state index is 0.0185. The number of rotatable bonds is 4. The highest BCUT2D eigenvalue weighted by atomic mass is 32.2. The Balaban J connectivity index is 2.75. The second kappa shape index (κ2) is 4.23. The predicted molar refractivity (Wildman–Crippen MR) is 56.0 cm³/mol. The normalized spacial score (nSPS) is 28.5. The first-order chi connectivity index (χ1) is 6.92. The Bertz CT molecular complexity index is 390. The molecule has 0 aromatic carbocycles. The van der Waals surface area contributed by atoms with Crippen LogP contribution in [0.1, 0.15) is 25.7 Å². The van der Waals surface area contributed by atoms with Crippen molar-refractivity contribution in [3.63, 3.8) is 0 Å². The molecule has 0 saturated carbocycles. The van der Waals surface area contributed by atoms with Crippen molar-refractivity contribution in [2.75, 3.05) is 11.5 Å². The summed E-state index contributed by atoms with van der Waals surface area (Å²) in [5.74, 6) is 1.16. The molecule has 1 N–H and O–H groups in total. The van der Waals surface area contributed by atoms with Gasteiger partial charge in [0, 0.05) is 6.42 Å². The third-order valence-corrected chi connectivity index (χ3v) is 4.64. The topological polar surface area (TPSA) is 71.4 Å². The molecule has 1 fully saturated rings. The van der Waals surface area contributed by atoms with Crippen LogP contribution in [0.15, 0.2) is 0 Å². The molecule has 0 spiro atoms. The van der Waals surface area contributed by atoms with Crippen LogP contribution >= 0.6 is 0 Å². The van der Waals surface area contributed by atoms with E-state index in [0.717, 1.165) is 0 Å². The zero-order valence-electron chi connectivity index (χ0n) is 8.40. The average molecular weight is 230 g/mol. The molecule has 5 heteroatoms. The summed E-state index contributed by atoms with van der Waals surface area (Å²) in [6.45, 7) is 0. The van der Waals surface area contributed by atoms with E-state index in [-0.39, 0.29) is 17.9 Å². The van der Waals surface area contributed by atoms with Gasteiger partial charge in [-0.05, 0) is 19.3 Å². The zero-order valence-corrected chi connectivity index (χ0v) is 9.22. The van der Waals surface area contributed by atoms with Crippen molar-refractivity contribution < 1.29 is 18.3 Å². The lowest BCUT2D eigenvalue weighted by Crippen LogP contribution is -2.32. The summed E-state index contributed by atoms with van der Waals surface area (Å²) in [5.41, 5.74) is -1.09. The van der Waals surface area contributed by atoms with Crippen LogP contribution in [0.3, 0.4) is 0 Å². The van der Waals surface area contributed by atoms with Crippen molar-refractivity contribution in [3.05, 3.63) is 0 Å². The Labute approximate surface area is 89.6 Å². The number of carbonyl (C=O) groups is 1. The van der Waals surface area contributed by atoms with E-state index in [1.807, 2.05) is 0 Å². The van der Waals surface area contributed by atoms with Gasteiger partial charge in [0.15, 0.2) is 9.84 Å². The van der Waals surface area contributed by atoms with Crippen molar-refractivity contribution in [2.24, 2.45) is 5.41 Å². The molecule has 1 heterocycles. The van der Waals surface area contributed by atoms with Gasteiger partial charge in [0.1, 0.15) is 0 Å². The molecular formula is C10H14O4S. The van der Waals surface area contributed by atoms with Gasteiger partial charge in [0.05, 0.1) is 16.9 Å². The molecule has 84 valence electrons. The monoisotopic (exact) mass is 230 g/mol. The van der Waals surface area contributed by atoms with E-state index in [1.165, 1.54) is 0 Å². The molecule has 4 nitrogen and oxygen atoms in total. The van der Waals surface area contributed by atoms with Crippen LogP contribution < -0.4 is 0 Å². The molecule has 15 heavy (non-hydrogen) atoms. The van der Waals surface area contributed by atoms with Gasteiger partial charge in [-0.2, -0.15) is 0 Å². The van der Waals surface area contributed by atoms with Crippen LogP contribution in [0.4, 0.5) is 0 Å². The number of aliphatic carboxylic acids is 1. The predicted octanol–water partition coefficient (Wildman–Crippen LogP) is 0.679. The lowest BCUT2D eigenvalue weighted by atomic mass is 9.82. The van der Waals surface area contributed by atoms with E-state index < -0.39 is 21.2 Å². The lowest BCUT2D eigenvalue weighted by molar-refractivity contribution is -0.147. The van der Waals surface area contributed by atoms with E-state index in [4.69, 9.17) is 11.5 Å². The maximum atomic E-state index is 11.3. The SMILES string of the molecule is C#CCCCC1(C(=O)O)CCS(=O)(=O)C1. The van der Waals surface area contributed by atoms with Gasteiger partial charge in [-0.15, -0.1) is 12.3 Å². The van der Waals surface area contributed by atoms with E-state index in [0.29, 0.717) is 19.3 Å². The molecule has 0 bridgehead atoms. The van der Waals surface area contributed by atoms with Gasteiger partial charge in [-0.25, -0.2) is 8.42 Å². The number of terminal acetylenes is 1. The molecule has 1 rings (SSSR count). The largest absolute Gasteiger partial charge is 0.481 e.